The average molecular weight is 560 g/mol. The number of ether oxygens (including phenoxy) is 1. The van der Waals surface area contributed by atoms with Crippen LogP contribution in [0.1, 0.15) is 60.0 Å². The highest BCUT2D eigenvalue weighted by Crippen LogP contribution is 2.39. The van der Waals surface area contributed by atoms with Crippen molar-refractivity contribution in [1.29, 1.82) is 0 Å². The third-order valence-electron chi connectivity index (χ3n) is 7.83. The van der Waals surface area contributed by atoms with Crippen LogP contribution in [0.15, 0.2) is 36.4 Å². The number of halogens is 1. The average Bonchev–Trinajstić information content (AvgIpc) is 2.88. The zero-order valence-electron chi connectivity index (χ0n) is 21.4. The first-order valence-electron chi connectivity index (χ1n) is 13.4. The van der Waals surface area contributed by atoms with Crippen molar-refractivity contribution in [2.45, 2.75) is 51.6 Å². The summed E-state index contributed by atoms with van der Waals surface area (Å²) in [7, 11) is -3.80. The van der Waals surface area contributed by atoms with E-state index in [0.717, 1.165) is 55.5 Å². The Bertz CT molecular complexity index is 1320. The molecular formula is C28H34ClN3O5S. The first kappa shape index (κ1) is 26.8. The molecule has 0 aromatic heterocycles. The Hall–Kier alpha value is -2.78. The Morgan fingerprint density at radius 2 is 1.84 bits per heavy atom. The Morgan fingerprint density at radius 1 is 0.974 bits per heavy atom. The van der Waals surface area contributed by atoms with Crippen LogP contribution in [0.2, 0.25) is 5.02 Å². The molecule has 2 aromatic carbocycles. The van der Waals surface area contributed by atoms with Crippen molar-refractivity contribution in [3.63, 3.8) is 0 Å². The minimum absolute atomic E-state index is 0.0416. The molecule has 5 rings (SSSR count). The summed E-state index contributed by atoms with van der Waals surface area (Å²) < 4.78 is 33.6. The van der Waals surface area contributed by atoms with Crippen LogP contribution < -0.4 is 19.7 Å². The largest absolute Gasteiger partial charge is 0.487 e. The molecule has 1 saturated carbocycles. The van der Waals surface area contributed by atoms with Gasteiger partial charge in [0.25, 0.3) is 5.91 Å². The molecule has 2 aliphatic heterocycles. The van der Waals surface area contributed by atoms with Crippen molar-refractivity contribution in [1.82, 2.24) is 10.0 Å². The molecule has 10 heteroatoms. The summed E-state index contributed by atoms with van der Waals surface area (Å²) in [4.78, 5) is 28.1. The van der Waals surface area contributed by atoms with Crippen LogP contribution in [0.4, 0.5) is 5.69 Å². The summed E-state index contributed by atoms with van der Waals surface area (Å²) in [5.41, 5.74) is 3.23. The van der Waals surface area contributed by atoms with Crippen molar-refractivity contribution in [3.8, 4) is 5.75 Å². The molecular weight excluding hydrogens is 526 g/mol. The Kier molecular flexibility index (Phi) is 8.14. The van der Waals surface area contributed by atoms with E-state index in [1.54, 1.807) is 18.2 Å². The van der Waals surface area contributed by atoms with E-state index in [0.29, 0.717) is 43.3 Å². The lowest BCUT2D eigenvalue weighted by Gasteiger charge is -2.40. The van der Waals surface area contributed by atoms with Crippen LogP contribution in [0, 0.1) is 11.8 Å². The molecule has 204 valence electrons. The van der Waals surface area contributed by atoms with Gasteiger partial charge in [0.15, 0.2) is 0 Å². The number of sulfonamides is 1. The van der Waals surface area contributed by atoms with E-state index in [1.807, 2.05) is 18.2 Å². The minimum atomic E-state index is -3.80. The minimum Gasteiger partial charge on any atom is -0.487 e. The number of nitrogens with zero attached hydrogens (tertiary/aromatic N) is 1. The molecule has 0 radical (unpaired) electrons. The van der Waals surface area contributed by atoms with Crippen LogP contribution in [0.3, 0.4) is 0 Å². The normalized spacial score (nSPS) is 24.3. The third-order valence-corrected chi connectivity index (χ3v) is 9.39. The summed E-state index contributed by atoms with van der Waals surface area (Å²) in [6, 6.07) is 10.9. The van der Waals surface area contributed by atoms with Crippen molar-refractivity contribution < 1.29 is 22.7 Å². The monoisotopic (exact) mass is 559 g/mol. The van der Waals surface area contributed by atoms with Gasteiger partial charge in [-0.3, -0.25) is 9.59 Å². The number of rotatable bonds is 0. The predicted molar refractivity (Wildman–Crippen MR) is 147 cm³/mol. The van der Waals surface area contributed by atoms with Crippen molar-refractivity contribution in [2.24, 2.45) is 11.8 Å². The van der Waals surface area contributed by atoms with Gasteiger partial charge >= 0.3 is 0 Å². The Balaban J connectivity index is 1.51. The lowest BCUT2D eigenvalue weighted by atomic mass is 9.72. The van der Waals surface area contributed by atoms with Crippen molar-refractivity contribution >= 4 is 39.1 Å². The number of hydrogen-bond acceptors (Lipinski definition) is 6. The van der Waals surface area contributed by atoms with Gasteiger partial charge in [-0.25, -0.2) is 13.1 Å². The number of aryl methyl sites for hydroxylation is 1. The molecule has 8 nitrogen and oxygen atoms in total. The fraction of sp³-hybridized carbons (Fsp3) is 0.500. The number of fused-ring (bicyclic) bond motifs is 3. The molecule has 0 unspecified atom stereocenters. The summed E-state index contributed by atoms with van der Waals surface area (Å²) in [5.74, 6) is -0.0241. The van der Waals surface area contributed by atoms with Crippen LogP contribution in [-0.4, -0.2) is 45.6 Å². The summed E-state index contributed by atoms with van der Waals surface area (Å²) >= 11 is 6.27. The van der Waals surface area contributed by atoms with Gasteiger partial charge in [0.1, 0.15) is 12.4 Å². The first-order chi connectivity index (χ1) is 18.3. The highest BCUT2D eigenvalue weighted by atomic mass is 35.5. The molecule has 0 saturated heterocycles. The predicted octanol–water partition coefficient (Wildman–Crippen LogP) is 4.06. The highest BCUT2D eigenvalue weighted by Gasteiger charge is 2.38. The number of anilines is 1. The molecule has 1 fully saturated rings. The number of amides is 2. The molecule has 2 aromatic rings. The number of carbonyl (C=O) groups is 2. The molecule has 2 amide bonds. The van der Waals surface area contributed by atoms with Gasteiger partial charge in [0.05, 0.1) is 11.4 Å². The second kappa shape index (κ2) is 11.5. The van der Waals surface area contributed by atoms with E-state index < -0.39 is 15.9 Å². The lowest BCUT2D eigenvalue weighted by molar-refractivity contribution is -0.130. The third kappa shape index (κ3) is 6.26. The zero-order valence-corrected chi connectivity index (χ0v) is 23.0. The van der Waals surface area contributed by atoms with Crippen LogP contribution in [-0.2, 0) is 27.8 Å². The SMILES string of the molecule is O=C1NS(=O)(=O)CCCCNC(=O)[C@@H]2CC[C@H]2CN2CCCCc3cc(Cl)ccc3COc3ccc1cc32. The van der Waals surface area contributed by atoms with Crippen LogP contribution in [0.5, 0.6) is 5.75 Å². The Labute approximate surface area is 229 Å². The van der Waals surface area contributed by atoms with Gasteiger partial charge in [-0.1, -0.05) is 17.7 Å². The van der Waals surface area contributed by atoms with E-state index in [2.05, 4.69) is 14.9 Å². The molecule has 38 heavy (non-hydrogen) atoms. The van der Waals surface area contributed by atoms with E-state index in [-0.39, 0.29) is 29.1 Å². The fourth-order valence-electron chi connectivity index (χ4n) is 5.51. The van der Waals surface area contributed by atoms with Crippen molar-refractivity contribution in [3.05, 3.63) is 58.1 Å². The van der Waals surface area contributed by atoms with E-state index in [4.69, 9.17) is 16.3 Å². The molecule has 2 heterocycles. The summed E-state index contributed by atoms with van der Waals surface area (Å²) in [6.45, 7) is 2.16. The number of nitrogens with one attached hydrogen (secondary N) is 2. The number of benzene rings is 2. The maximum Gasteiger partial charge on any atom is 0.264 e. The van der Waals surface area contributed by atoms with E-state index in [1.165, 1.54) is 0 Å². The van der Waals surface area contributed by atoms with Crippen LogP contribution >= 0.6 is 11.6 Å². The molecule has 0 spiro atoms. The topological polar surface area (TPSA) is 105 Å². The smallest absolute Gasteiger partial charge is 0.264 e. The molecule has 2 N–H and O–H groups in total. The molecule has 1 aliphatic carbocycles. The van der Waals surface area contributed by atoms with Gasteiger partial charge in [0, 0.05) is 36.1 Å². The van der Waals surface area contributed by atoms with E-state index >= 15 is 0 Å². The van der Waals surface area contributed by atoms with Gasteiger partial charge < -0.3 is 15.0 Å². The quantitative estimate of drug-likeness (QED) is 0.504. The van der Waals surface area contributed by atoms with Gasteiger partial charge in [-0.2, -0.15) is 0 Å². The van der Waals surface area contributed by atoms with Gasteiger partial charge in [-0.05, 0) is 92.3 Å². The highest BCUT2D eigenvalue weighted by molar-refractivity contribution is 7.90. The second-order valence-electron chi connectivity index (χ2n) is 10.5. The number of carbonyl (C=O) groups excluding carboxylic acids is 2. The first-order valence-corrected chi connectivity index (χ1v) is 15.4. The van der Waals surface area contributed by atoms with E-state index in [9.17, 15) is 18.0 Å². The fourth-order valence-corrected chi connectivity index (χ4v) is 6.79. The second-order valence-corrected chi connectivity index (χ2v) is 12.8. The van der Waals surface area contributed by atoms with Gasteiger partial charge in [-0.15, -0.1) is 0 Å². The molecule has 3 aliphatic rings. The Morgan fingerprint density at radius 3 is 2.66 bits per heavy atom. The van der Waals surface area contributed by atoms with Crippen molar-refractivity contribution in [2.75, 3.05) is 30.3 Å². The summed E-state index contributed by atoms with van der Waals surface area (Å²) in [6.07, 6.45) is 5.44. The molecule has 2 bridgehead atoms. The van der Waals surface area contributed by atoms with Gasteiger partial charge in [0.2, 0.25) is 15.9 Å². The maximum absolute atomic E-state index is 13.0. The summed E-state index contributed by atoms with van der Waals surface area (Å²) in [5, 5.41) is 3.68. The standard InChI is InChI=1S/C28H34ClN3O5S/c29-23-9-6-22-18-37-26-11-8-20-16-25(26)32(13-3-1-5-19(22)15-23)17-21-7-10-24(21)28(34)30-12-2-4-14-38(35,36)31-27(20)33/h6,8-9,11,15-16,21,24H,1-5,7,10,12-14,17-18H2,(H,30,34)(H,31,33)/t21-,24+/m0/s1. The molecule has 2 atom stereocenters. The lowest BCUT2D eigenvalue weighted by Crippen LogP contribution is -2.46. The maximum atomic E-state index is 13.0. The van der Waals surface area contributed by atoms with Crippen LogP contribution in [0.25, 0.3) is 0 Å². The number of hydrogen-bond donors (Lipinski definition) is 2. The zero-order chi connectivity index (χ0) is 26.7.